The van der Waals surface area contributed by atoms with Crippen molar-refractivity contribution in [1.82, 2.24) is 0 Å². The SMILES string of the molecule is OCc1cc(C(F)F)ccc1Br. The van der Waals surface area contributed by atoms with Gasteiger partial charge in [0.05, 0.1) is 6.61 Å². The highest BCUT2D eigenvalue weighted by Gasteiger charge is 2.08. The van der Waals surface area contributed by atoms with E-state index in [0.29, 0.717) is 10.0 Å². The van der Waals surface area contributed by atoms with Gasteiger partial charge in [-0.1, -0.05) is 22.0 Å². The molecule has 1 rings (SSSR count). The summed E-state index contributed by atoms with van der Waals surface area (Å²) in [7, 11) is 0. The molecule has 0 aliphatic heterocycles. The standard InChI is InChI=1S/C8H7BrF2O/c9-7-2-1-5(8(10)11)3-6(7)4-12/h1-3,8,12H,4H2. The monoisotopic (exact) mass is 236 g/mol. The summed E-state index contributed by atoms with van der Waals surface area (Å²) in [5, 5.41) is 8.75. The molecule has 1 nitrogen and oxygen atoms in total. The molecule has 0 fully saturated rings. The summed E-state index contributed by atoms with van der Waals surface area (Å²) in [5.41, 5.74) is 0.412. The van der Waals surface area contributed by atoms with Crippen molar-refractivity contribution in [3.8, 4) is 0 Å². The maximum Gasteiger partial charge on any atom is 0.263 e. The summed E-state index contributed by atoms with van der Waals surface area (Å²) in [6.45, 7) is -0.235. The first-order chi connectivity index (χ1) is 5.65. The first-order valence-electron chi connectivity index (χ1n) is 3.32. The highest BCUT2D eigenvalue weighted by atomic mass is 79.9. The zero-order chi connectivity index (χ0) is 9.14. The second-order valence-electron chi connectivity index (χ2n) is 2.31. The summed E-state index contributed by atoms with van der Waals surface area (Å²) < 4.78 is 24.9. The van der Waals surface area contributed by atoms with Gasteiger partial charge in [-0.3, -0.25) is 0 Å². The lowest BCUT2D eigenvalue weighted by Crippen LogP contribution is -1.90. The molecule has 1 N–H and O–H groups in total. The van der Waals surface area contributed by atoms with Crippen LogP contribution in [0.2, 0.25) is 0 Å². The van der Waals surface area contributed by atoms with Crippen molar-refractivity contribution in [3.63, 3.8) is 0 Å². The fraction of sp³-hybridized carbons (Fsp3) is 0.250. The number of aliphatic hydroxyl groups is 1. The molecule has 0 saturated carbocycles. The normalized spacial score (nSPS) is 10.8. The van der Waals surface area contributed by atoms with Crippen LogP contribution in [-0.2, 0) is 6.61 Å². The van der Waals surface area contributed by atoms with E-state index >= 15 is 0 Å². The van der Waals surface area contributed by atoms with E-state index in [-0.39, 0.29) is 12.2 Å². The summed E-state index contributed by atoms with van der Waals surface area (Å²) in [4.78, 5) is 0. The molecule has 0 bridgehead atoms. The van der Waals surface area contributed by atoms with E-state index in [0.717, 1.165) is 0 Å². The van der Waals surface area contributed by atoms with Crippen molar-refractivity contribution in [1.29, 1.82) is 0 Å². The summed E-state index contributed by atoms with van der Waals surface area (Å²) in [6.07, 6.45) is -2.48. The number of alkyl halides is 2. The van der Waals surface area contributed by atoms with Crippen LogP contribution in [0.1, 0.15) is 17.6 Å². The van der Waals surface area contributed by atoms with Gasteiger partial charge in [0, 0.05) is 10.0 Å². The smallest absolute Gasteiger partial charge is 0.263 e. The second kappa shape index (κ2) is 3.96. The lowest BCUT2D eigenvalue weighted by molar-refractivity contribution is 0.151. The van der Waals surface area contributed by atoms with Gasteiger partial charge in [0.2, 0.25) is 0 Å². The highest BCUT2D eigenvalue weighted by molar-refractivity contribution is 9.10. The van der Waals surface area contributed by atoms with Crippen LogP contribution in [0.5, 0.6) is 0 Å². The predicted molar refractivity (Wildman–Crippen MR) is 45.0 cm³/mol. The Morgan fingerprint density at radius 2 is 2.08 bits per heavy atom. The van der Waals surface area contributed by atoms with Crippen LogP contribution < -0.4 is 0 Å². The van der Waals surface area contributed by atoms with Crippen LogP contribution in [0.25, 0.3) is 0 Å². The van der Waals surface area contributed by atoms with Gasteiger partial charge in [-0.25, -0.2) is 8.78 Å². The van der Waals surface area contributed by atoms with Crippen LogP contribution in [0.3, 0.4) is 0 Å². The number of benzene rings is 1. The van der Waals surface area contributed by atoms with Crippen molar-refractivity contribution in [2.24, 2.45) is 0 Å². The number of rotatable bonds is 2. The summed E-state index contributed by atoms with van der Waals surface area (Å²) in [5.74, 6) is 0. The second-order valence-corrected chi connectivity index (χ2v) is 3.16. The van der Waals surface area contributed by atoms with Crippen LogP contribution in [-0.4, -0.2) is 5.11 Å². The van der Waals surface area contributed by atoms with Crippen molar-refractivity contribution in [2.45, 2.75) is 13.0 Å². The Bertz CT molecular complexity index is 276. The van der Waals surface area contributed by atoms with Gasteiger partial charge in [0.15, 0.2) is 0 Å². The number of hydrogen-bond acceptors (Lipinski definition) is 1. The first kappa shape index (κ1) is 9.61. The fourth-order valence-corrected chi connectivity index (χ4v) is 1.22. The van der Waals surface area contributed by atoms with Gasteiger partial charge in [0.1, 0.15) is 0 Å². The van der Waals surface area contributed by atoms with Gasteiger partial charge in [-0.15, -0.1) is 0 Å². The quantitative estimate of drug-likeness (QED) is 0.838. The van der Waals surface area contributed by atoms with Crippen LogP contribution in [0.15, 0.2) is 22.7 Å². The predicted octanol–water partition coefficient (Wildman–Crippen LogP) is 2.88. The first-order valence-corrected chi connectivity index (χ1v) is 4.11. The van der Waals surface area contributed by atoms with E-state index in [1.54, 1.807) is 0 Å². The molecular weight excluding hydrogens is 230 g/mol. The zero-order valence-electron chi connectivity index (χ0n) is 6.10. The average molecular weight is 237 g/mol. The Morgan fingerprint density at radius 1 is 1.42 bits per heavy atom. The van der Waals surface area contributed by atoms with E-state index in [2.05, 4.69) is 15.9 Å². The molecule has 1 aromatic rings. The molecule has 0 aliphatic rings. The molecule has 0 heterocycles. The molecule has 12 heavy (non-hydrogen) atoms. The molecule has 0 radical (unpaired) electrons. The molecule has 1 aromatic carbocycles. The Hall–Kier alpha value is -0.480. The summed E-state index contributed by atoms with van der Waals surface area (Å²) >= 11 is 3.13. The van der Waals surface area contributed by atoms with Gasteiger partial charge < -0.3 is 5.11 Å². The zero-order valence-corrected chi connectivity index (χ0v) is 7.68. The highest BCUT2D eigenvalue weighted by Crippen LogP contribution is 2.24. The van der Waals surface area contributed by atoms with Gasteiger partial charge in [-0.2, -0.15) is 0 Å². The Kier molecular flexibility index (Phi) is 3.17. The fourth-order valence-electron chi connectivity index (χ4n) is 0.852. The maximum atomic E-state index is 12.1. The number of hydrogen-bond donors (Lipinski definition) is 1. The van der Waals surface area contributed by atoms with E-state index in [1.165, 1.54) is 18.2 Å². The lowest BCUT2D eigenvalue weighted by Gasteiger charge is -2.03. The Labute approximate surface area is 77.2 Å². The van der Waals surface area contributed by atoms with E-state index < -0.39 is 6.43 Å². The van der Waals surface area contributed by atoms with Gasteiger partial charge >= 0.3 is 0 Å². The number of halogens is 3. The molecule has 0 unspecified atom stereocenters. The molecule has 4 heteroatoms. The van der Waals surface area contributed by atoms with Crippen LogP contribution >= 0.6 is 15.9 Å². The third-order valence-corrected chi connectivity index (χ3v) is 2.27. The topological polar surface area (TPSA) is 20.2 Å². The van der Waals surface area contributed by atoms with Crippen molar-refractivity contribution in [2.75, 3.05) is 0 Å². The molecule has 0 saturated heterocycles. The minimum absolute atomic E-state index is 0.0674. The molecule has 0 aromatic heterocycles. The Morgan fingerprint density at radius 3 is 2.58 bits per heavy atom. The minimum Gasteiger partial charge on any atom is -0.392 e. The van der Waals surface area contributed by atoms with E-state index in [9.17, 15) is 8.78 Å². The third-order valence-electron chi connectivity index (χ3n) is 1.49. The third kappa shape index (κ3) is 2.01. The van der Waals surface area contributed by atoms with E-state index in [1.807, 2.05) is 0 Å². The van der Waals surface area contributed by atoms with E-state index in [4.69, 9.17) is 5.11 Å². The molecular formula is C8H7BrF2O. The molecule has 0 aliphatic carbocycles. The molecule has 66 valence electrons. The lowest BCUT2D eigenvalue weighted by atomic mass is 10.1. The largest absolute Gasteiger partial charge is 0.392 e. The average Bonchev–Trinajstić information content (AvgIpc) is 2.05. The minimum atomic E-state index is -2.48. The summed E-state index contributed by atoms with van der Waals surface area (Å²) in [6, 6.07) is 4.12. The van der Waals surface area contributed by atoms with Crippen molar-refractivity contribution >= 4 is 15.9 Å². The number of aliphatic hydroxyl groups excluding tert-OH is 1. The van der Waals surface area contributed by atoms with Gasteiger partial charge in [0.25, 0.3) is 6.43 Å². The van der Waals surface area contributed by atoms with Crippen molar-refractivity contribution < 1.29 is 13.9 Å². The van der Waals surface area contributed by atoms with Crippen molar-refractivity contribution in [3.05, 3.63) is 33.8 Å². The van der Waals surface area contributed by atoms with Crippen LogP contribution in [0.4, 0.5) is 8.78 Å². The molecule has 0 amide bonds. The molecule has 0 spiro atoms. The molecule has 0 atom stereocenters. The van der Waals surface area contributed by atoms with Crippen LogP contribution in [0, 0.1) is 0 Å². The maximum absolute atomic E-state index is 12.1. The van der Waals surface area contributed by atoms with Gasteiger partial charge in [-0.05, 0) is 17.7 Å². The Balaban J connectivity index is 3.05.